The number of halogens is 1. The number of rotatable bonds is 13. The minimum Gasteiger partial charge on any atom is -0.481 e. The zero-order valence-corrected chi connectivity index (χ0v) is 28.6. The van der Waals surface area contributed by atoms with Gasteiger partial charge in [0.1, 0.15) is 5.82 Å². The molecule has 1 saturated heterocycles. The molecule has 1 aliphatic heterocycles. The molecular formula is C43H40FN3O4. The lowest BCUT2D eigenvalue weighted by molar-refractivity contribution is -0.154. The Balaban J connectivity index is 1.03. The third kappa shape index (κ3) is 7.80. The predicted molar refractivity (Wildman–Crippen MR) is 195 cm³/mol. The van der Waals surface area contributed by atoms with E-state index in [9.17, 15) is 19.5 Å². The van der Waals surface area contributed by atoms with Crippen molar-refractivity contribution in [1.82, 2.24) is 14.9 Å². The van der Waals surface area contributed by atoms with Gasteiger partial charge in [0.2, 0.25) is 5.91 Å². The van der Waals surface area contributed by atoms with Crippen LogP contribution in [-0.4, -0.2) is 50.7 Å². The van der Waals surface area contributed by atoms with Crippen LogP contribution in [-0.2, 0) is 22.4 Å². The molecule has 1 N–H and O–H groups in total. The molecule has 1 saturated carbocycles. The minimum atomic E-state index is -0.917. The van der Waals surface area contributed by atoms with Gasteiger partial charge in [-0.3, -0.25) is 14.4 Å². The smallest absolute Gasteiger partial charge is 0.310 e. The number of aryl methyl sites for hydroxylation is 1. The van der Waals surface area contributed by atoms with Crippen molar-refractivity contribution in [3.05, 3.63) is 131 Å². The number of hydrogen-bond donors (Lipinski definition) is 1. The van der Waals surface area contributed by atoms with Crippen LogP contribution in [0.2, 0.25) is 0 Å². The number of nitrogens with zero attached hydrogens (tertiary/aromatic N) is 3. The summed E-state index contributed by atoms with van der Waals surface area (Å²) in [6.45, 7) is 2.46. The van der Waals surface area contributed by atoms with E-state index in [1.165, 1.54) is 28.9 Å². The summed E-state index contributed by atoms with van der Waals surface area (Å²) < 4.78 is 15.3. The van der Waals surface area contributed by atoms with E-state index in [0.717, 1.165) is 35.1 Å². The van der Waals surface area contributed by atoms with Crippen LogP contribution in [0.25, 0.3) is 33.6 Å². The van der Waals surface area contributed by atoms with E-state index in [4.69, 9.17) is 0 Å². The molecule has 2 heterocycles. The number of hydrogen-bond acceptors (Lipinski definition) is 5. The molecule has 0 radical (unpaired) electrons. The number of carbonyl (C=O) groups excluding carboxylic acids is 2. The number of aromatic nitrogens is 2. The number of carbonyl (C=O) groups is 3. The first-order chi connectivity index (χ1) is 24.7. The SMILES string of the molecule is CCCc1ccc(-c2ccc(-c3cnc(-c4ccc(C[C@H](CC(=O)c5ccc(C6CC6)cc5)C(=O)N5CC(C(=O)O)C5)cc4)nc3)c(F)c2)cc1. The molecule has 1 atom stereocenters. The lowest BCUT2D eigenvalue weighted by Crippen LogP contribution is -2.55. The first-order valence-corrected chi connectivity index (χ1v) is 17.7. The molecule has 1 amide bonds. The normalized spacial score (nSPS) is 14.9. The second kappa shape index (κ2) is 14.8. The van der Waals surface area contributed by atoms with Gasteiger partial charge in [-0.2, -0.15) is 0 Å². The lowest BCUT2D eigenvalue weighted by Gasteiger charge is -2.38. The summed E-state index contributed by atoms with van der Waals surface area (Å²) >= 11 is 0. The Morgan fingerprint density at radius 3 is 2.04 bits per heavy atom. The van der Waals surface area contributed by atoms with E-state index in [2.05, 4.69) is 29.0 Å². The van der Waals surface area contributed by atoms with Crippen LogP contribution in [0.15, 0.2) is 103 Å². The molecule has 8 heteroatoms. The van der Waals surface area contributed by atoms with Crippen LogP contribution >= 0.6 is 0 Å². The summed E-state index contributed by atoms with van der Waals surface area (Å²) in [5.41, 5.74) is 7.46. The second-order valence-electron chi connectivity index (χ2n) is 13.8. The van der Waals surface area contributed by atoms with Gasteiger partial charge in [-0.05, 0) is 65.5 Å². The Hall–Kier alpha value is -5.50. The molecule has 0 unspecified atom stereocenters. The number of likely N-dealkylation sites (tertiary alicyclic amines) is 1. The van der Waals surface area contributed by atoms with Crippen LogP contribution in [0.1, 0.15) is 65.6 Å². The number of benzene rings is 4. The standard InChI is InChI=1S/C43H40FN3O4/c1-2-3-27-4-8-31(9-5-27)34-18-19-38(39(44)21-34)36-23-45-41(46-24-36)33-10-6-28(7-11-33)20-35(42(49)47-25-37(26-47)43(50)51)22-40(48)32-16-14-30(15-17-32)29-12-13-29/h4-11,14-19,21,23-24,29,35,37H,2-3,12-13,20,22,25-26H2,1H3,(H,50,51)/t35-/m1/s1. The number of aliphatic carboxylic acids is 1. The zero-order chi connectivity index (χ0) is 35.5. The lowest BCUT2D eigenvalue weighted by atomic mass is 9.88. The zero-order valence-electron chi connectivity index (χ0n) is 28.6. The fourth-order valence-electron chi connectivity index (χ4n) is 6.79. The summed E-state index contributed by atoms with van der Waals surface area (Å²) in [6, 6.07) is 28.7. The Kier molecular flexibility index (Phi) is 9.84. The summed E-state index contributed by atoms with van der Waals surface area (Å²) in [5.74, 6) is -1.71. The van der Waals surface area contributed by atoms with Crippen molar-refractivity contribution in [2.75, 3.05) is 13.1 Å². The highest BCUT2D eigenvalue weighted by Crippen LogP contribution is 2.40. The minimum absolute atomic E-state index is 0.0327. The van der Waals surface area contributed by atoms with E-state index in [1.807, 2.05) is 66.7 Å². The molecule has 1 aliphatic carbocycles. The molecule has 7 rings (SSSR count). The number of carboxylic acids is 1. The van der Waals surface area contributed by atoms with Crippen molar-refractivity contribution < 1.29 is 23.9 Å². The molecule has 5 aromatic rings. The quantitative estimate of drug-likeness (QED) is 0.125. The maximum Gasteiger partial charge on any atom is 0.310 e. The Morgan fingerprint density at radius 1 is 0.804 bits per heavy atom. The van der Waals surface area contributed by atoms with E-state index >= 15 is 4.39 Å². The van der Waals surface area contributed by atoms with Gasteiger partial charge >= 0.3 is 5.97 Å². The topological polar surface area (TPSA) is 100 Å². The molecule has 0 bridgehead atoms. The van der Waals surface area contributed by atoms with Crippen molar-refractivity contribution in [2.45, 2.75) is 51.4 Å². The highest BCUT2D eigenvalue weighted by molar-refractivity contribution is 5.99. The maximum atomic E-state index is 15.3. The van der Waals surface area contributed by atoms with Gasteiger partial charge in [0.25, 0.3) is 0 Å². The maximum absolute atomic E-state index is 15.3. The van der Waals surface area contributed by atoms with E-state index < -0.39 is 17.8 Å². The van der Waals surface area contributed by atoms with Crippen molar-refractivity contribution in [3.63, 3.8) is 0 Å². The molecule has 4 aromatic carbocycles. The average Bonchev–Trinajstić information content (AvgIpc) is 3.98. The number of amides is 1. The molecule has 1 aromatic heterocycles. The number of Topliss-reactive ketones (excluding diaryl/α,β-unsaturated/α-hetero) is 1. The highest BCUT2D eigenvalue weighted by Gasteiger charge is 2.39. The Morgan fingerprint density at radius 2 is 1.43 bits per heavy atom. The molecule has 258 valence electrons. The fraction of sp³-hybridized carbons (Fsp3) is 0.279. The monoisotopic (exact) mass is 681 g/mol. The van der Waals surface area contributed by atoms with Crippen LogP contribution < -0.4 is 0 Å². The third-order valence-corrected chi connectivity index (χ3v) is 10.1. The van der Waals surface area contributed by atoms with Gasteiger partial charge in [0, 0.05) is 60.1 Å². The van der Waals surface area contributed by atoms with Crippen LogP contribution in [0.3, 0.4) is 0 Å². The highest BCUT2D eigenvalue weighted by atomic mass is 19.1. The van der Waals surface area contributed by atoms with Crippen molar-refractivity contribution >= 4 is 17.7 Å². The van der Waals surface area contributed by atoms with Crippen LogP contribution in [0, 0.1) is 17.7 Å². The van der Waals surface area contributed by atoms with Gasteiger partial charge in [-0.25, -0.2) is 14.4 Å². The summed E-state index contributed by atoms with van der Waals surface area (Å²) in [6.07, 6.45) is 8.04. The van der Waals surface area contributed by atoms with E-state index in [0.29, 0.717) is 34.9 Å². The van der Waals surface area contributed by atoms with Gasteiger partial charge in [0.15, 0.2) is 11.6 Å². The summed E-state index contributed by atoms with van der Waals surface area (Å²) in [4.78, 5) is 48.8. The summed E-state index contributed by atoms with van der Waals surface area (Å²) in [5, 5.41) is 9.32. The number of carboxylic acid groups (broad SMARTS) is 1. The van der Waals surface area contributed by atoms with E-state index in [-0.39, 0.29) is 37.0 Å². The van der Waals surface area contributed by atoms with Crippen molar-refractivity contribution in [3.8, 4) is 33.6 Å². The Labute approximate surface area is 297 Å². The summed E-state index contributed by atoms with van der Waals surface area (Å²) in [7, 11) is 0. The average molecular weight is 682 g/mol. The molecule has 0 spiro atoms. The largest absolute Gasteiger partial charge is 0.481 e. The first kappa shape index (κ1) is 34.0. The van der Waals surface area contributed by atoms with Crippen LogP contribution in [0.5, 0.6) is 0 Å². The molecular weight excluding hydrogens is 641 g/mol. The molecule has 51 heavy (non-hydrogen) atoms. The number of ketones is 1. The van der Waals surface area contributed by atoms with Gasteiger partial charge < -0.3 is 10.0 Å². The van der Waals surface area contributed by atoms with Crippen LogP contribution in [0.4, 0.5) is 4.39 Å². The Bertz CT molecular complexity index is 2030. The first-order valence-electron chi connectivity index (χ1n) is 17.7. The molecule has 7 nitrogen and oxygen atoms in total. The van der Waals surface area contributed by atoms with Crippen molar-refractivity contribution in [1.29, 1.82) is 0 Å². The molecule has 2 fully saturated rings. The second-order valence-corrected chi connectivity index (χ2v) is 13.8. The van der Waals surface area contributed by atoms with Crippen molar-refractivity contribution in [2.24, 2.45) is 11.8 Å². The van der Waals surface area contributed by atoms with Gasteiger partial charge in [-0.1, -0.05) is 98.3 Å². The fourth-order valence-corrected chi connectivity index (χ4v) is 6.79. The predicted octanol–water partition coefficient (Wildman–Crippen LogP) is 8.42. The van der Waals surface area contributed by atoms with E-state index in [1.54, 1.807) is 24.5 Å². The third-order valence-electron chi connectivity index (χ3n) is 10.1. The van der Waals surface area contributed by atoms with Gasteiger partial charge in [-0.15, -0.1) is 0 Å². The van der Waals surface area contributed by atoms with Gasteiger partial charge in [0.05, 0.1) is 5.92 Å². The molecule has 2 aliphatic rings.